The van der Waals surface area contributed by atoms with Gasteiger partial charge in [-0.2, -0.15) is 0 Å². The van der Waals surface area contributed by atoms with Crippen molar-refractivity contribution in [2.24, 2.45) is 0 Å². The number of carbonyl (C=O) groups excluding carboxylic acids is 1. The van der Waals surface area contributed by atoms with E-state index in [-0.39, 0.29) is 5.91 Å². The predicted molar refractivity (Wildman–Crippen MR) is 125 cm³/mol. The van der Waals surface area contributed by atoms with Gasteiger partial charge in [0, 0.05) is 0 Å². The predicted octanol–water partition coefficient (Wildman–Crippen LogP) is 6.02. The maximum absolute atomic E-state index is 13.0. The van der Waals surface area contributed by atoms with E-state index >= 15 is 0 Å². The van der Waals surface area contributed by atoms with Crippen LogP contribution in [0.1, 0.15) is 18.1 Å². The van der Waals surface area contributed by atoms with Crippen molar-refractivity contribution >= 4 is 57.6 Å². The molecule has 2 aromatic carbocycles. The van der Waals surface area contributed by atoms with Gasteiger partial charge >= 0.3 is 0 Å². The van der Waals surface area contributed by atoms with Crippen LogP contribution in [-0.2, 0) is 4.79 Å². The lowest BCUT2D eigenvalue weighted by Gasteiger charge is -2.15. The number of aryl methyl sites for hydroxylation is 1. The number of hydrogen-bond acceptors (Lipinski definition) is 5. The molecule has 1 aliphatic heterocycles. The van der Waals surface area contributed by atoms with Crippen LogP contribution in [0.2, 0.25) is 5.02 Å². The van der Waals surface area contributed by atoms with Crippen LogP contribution in [0.4, 0.5) is 5.69 Å². The molecule has 0 saturated carbocycles. The molecule has 0 bridgehead atoms. The number of anilines is 1. The molecule has 0 radical (unpaired) electrons. The number of thioether (sulfide) groups is 1. The highest BCUT2D eigenvalue weighted by molar-refractivity contribution is 8.27. The summed E-state index contributed by atoms with van der Waals surface area (Å²) >= 11 is 13.1. The molecule has 1 fully saturated rings. The lowest BCUT2D eigenvalue weighted by atomic mass is 10.1. The van der Waals surface area contributed by atoms with E-state index in [2.05, 4.69) is 6.58 Å². The van der Waals surface area contributed by atoms with E-state index in [1.54, 1.807) is 29.2 Å². The monoisotopic (exact) mass is 445 g/mol. The third kappa shape index (κ3) is 4.83. The number of nitrogens with zero attached hydrogens (tertiary/aromatic N) is 1. The van der Waals surface area contributed by atoms with Gasteiger partial charge in [-0.25, -0.2) is 0 Å². The van der Waals surface area contributed by atoms with Gasteiger partial charge in [0.1, 0.15) is 6.61 Å². The summed E-state index contributed by atoms with van der Waals surface area (Å²) in [5, 5.41) is 0.401. The Kier molecular flexibility index (Phi) is 7.00. The molecular formula is C22H20ClNO3S2. The largest absolute Gasteiger partial charge is 0.490 e. The summed E-state index contributed by atoms with van der Waals surface area (Å²) in [7, 11) is 0. The minimum Gasteiger partial charge on any atom is -0.490 e. The van der Waals surface area contributed by atoms with E-state index in [4.69, 9.17) is 33.3 Å². The summed E-state index contributed by atoms with van der Waals surface area (Å²) in [6.07, 6.45) is 3.40. The Labute approximate surface area is 185 Å². The molecule has 2 aromatic rings. The van der Waals surface area contributed by atoms with Crippen molar-refractivity contribution in [3.63, 3.8) is 0 Å². The third-order valence-electron chi connectivity index (χ3n) is 4.03. The number of hydrogen-bond donors (Lipinski definition) is 0. The number of carbonyl (C=O) groups is 1. The van der Waals surface area contributed by atoms with Crippen LogP contribution in [0.5, 0.6) is 11.5 Å². The SMILES string of the molecule is C=CCOc1c(Cl)cc(/C=C2\SC(=S)N(c3cccc(C)c3)C2=O)cc1OCC. The molecule has 0 unspecified atom stereocenters. The number of ether oxygens (including phenoxy) is 2. The standard InChI is InChI=1S/C22H20ClNO3S2/c1-4-9-27-20-17(23)11-15(12-18(20)26-5-2)13-19-21(25)24(22(28)29-19)16-8-6-7-14(3)10-16/h4,6-8,10-13H,1,5,9H2,2-3H3/b19-13-. The Morgan fingerprint density at radius 1 is 1.28 bits per heavy atom. The van der Waals surface area contributed by atoms with E-state index < -0.39 is 0 Å². The maximum atomic E-state index is 13.0. The highest BCUT2D eigenvalue weighted by Crippen LogP contribution is 2.40. The molecule has 1 amide bonds. The lowest BCUT2D eigenvalue weighted by Crippen LogP contribution is -2.27. The minimum absolute atomic E-state index is 0.160. The zero-order valence-corrected chi connectivity index (χ0v) is 18.5. The summed E-state index contributed by atoms with van der Waals surface area (Å²) in [5.41, 5.74) is 2.55. The van der Waals surface area contributed by atoms with Gasteiger partial charge in [0.25, 0.3) is 5.91 Å². The van der Waals surface area contributed by atoms with E-state index in [1.165, 1.54) is 11.8 Å². The molecule has 0 N–H and O–H groups in total. The second-order valence-electron chi connectivity index (χ2n) is 6.22. The van der Waals surface area contributed by atoms with Crippen molar-refractivity contribution in [3.8, 4) is 11.5 Å². The highest BCUT2D eigenvalue weighted by Gasteiger charge is 2.33. The summed E-state index contributed by atoms with van der Waals surface area (Å²) in [5.74, 6) is 0.812. The van der Waals surface area contributed by atoms with Crippen LogP contribution in [-0.4, -0.2) is 23.4 Å². The molecule has 4 nitrogen and oxygen atoms in total. The maximum Gasteiger partial charge on any atom is 0.270 e. The molecule has 3 rings (SSSR count). The van der Waals surface area contributed by atoms with Gasteiger partial charge in [-0.1, -0.05) is 60.4 Å². The average Bonchev–Trinajstić information content (AvgIpc) is 2.94. The lowest BCUT2D eigenvalue weighted by molar-refractivity contribution is -0.113. The van der Waals surface area contributed by atoms with Gasteiger partial charge in [-0.15, -0.1) is 0 Å². The summed E-state index contributed by atoms with van der Waals surface area (Å²) < 4.78 is 11.8. The quantitative estimate of drug-likeness (QED) is 0.296. The van der Waals surface area contributed by atoms with E-state index in [9.17, 15) is 4.79 Å². The second kappa shape index (κ2) is 9.48. The van der Waals surface area contributed by atoms with Crippen molar-refractivity contribution in [2.75, 3.05) is 18.1 Å². The van der Waals surface area contributed by atoms with Crippen molar-refractivity contribution < 1.29 is 14.3 Å². The van der Waals surface area contributed by atoms with Gasteiger partial charge < -0.3 is 9.47 Å². The highest BCUT2D eigenvalue weighted by atomic mass is 35.5. The van der Waals surface area contributed by atoms with E-state index in [0.717, 1.165) is 16.8 Å². The third-order valence-corrected chi connectivity index (χ3v) is 5.61. The van der Waals surface area contributed by atoms with E-state index in [0.29, 0.717) is 39.0 Å². The van der Waals surface area contributed by atoms with Gasteiger partial charge in [0.05, 0.1) is 22.2 Å². The number of thiocarbonyl (C=S) groups is 1. The first-order valence-electron chi connectivity index (χ1n) is 8.99. The molecule has 0 spiro atoms. The molecule has 150 valence electrons. The fourth-order valence-electron chi connectivity index (χ4n) is 2.83. The number of halogens is 1. The van der Waals surface area contributed by atoms with Gasteiger partial charge in [0.15, 0.2) is 15.8 Å². The number of amides is 1. The Morgan fingerprint density at radius 3 is 2.76 bits per heavy atom. The fraction of sp³-hybridized carbons (Fsp3) is 0.182. The summed E-state index contributed by atoms with van der Waals surface area (Å²) in [4.78, 5) is 15.1. The van der Waals surface area contributed by atoms with Gasteiger partial charge in [-0.3, -0.25) is 9.69 Å². The van der Waals surface area contributed by atoms with Crippen LogP contribution < -0.4 is 14.4 Å². The van der Waals surface area contributed by atoms with Crippen molar-refractivity contribution in [1.29, 1.82) is 0 Å². The fourth-order valence-corrected chi connectivity index (χ4v) is 4.40. The molecule has 29 heavy (non-hydrogen) atoms. The van der Waals surface area contributed by atoms with Crippen molar-refractivity contribution in [2.45, 2.75) is 13.8 Å². The van der Waals surface area contributed by atoms with Gasteiger partial charge in [0.2, 0.25) is 0 Å². The first-order chi connectivity index (χ1) is 13.9. The summed E-state index contributed by atoms with van der Waals surface area (Å²) in [6, 6.07) is 11.2. The molecule has 1 saturated heterocycles. The molecule has 1 heterocycles. The van der Waals surface area contributed by atoms with Crippen LogP contribution >= 0.6 is 35.6 Å². The smallest absolute Gasteiger partial charge is 0.270 e. The summed E-state index contributed by atoms with van der Waals surface area (Å²) in [6.45, 7) is 8.27. The first kappa shape index (κ1) is 21.4. The first-order valence-corrected chi connectivity index (χ1v) is 10.6. The Morgan fingerprint density at radius 2 is 2.07 bits per heavy atom. The zero-order valence-electron chi connectivity index (χ0n) is 16.1. The zero-order chi connectivity index (χ0) is 21.0. The number of benzene rings is 2. The molecular weight excluding hydrogens is 426 g/mol. The average molecular weight is 446 g/mol. The Balaban J connectivity index is 1.94. The van der Waals surface area contributed by atoms with Crippen LogP contribution in [0.3, 0.4) is 0 Å². The Hall–Kier alpha value is -2.28. The molecule has 1 aliphatic rings. The Bertz CT molecular complexity index is 1000. The van der Waals surface area contributed by atoms with Crippen LogP contribution in [0, 0.1) is 6.92 Å². The molecule has 0 aliphatic carbocycles. The van der Waals surface area contributed by atoms with Gasteiger partial charge in [-0.05, 0) is 55.3 Å². The van der Waals surface area contributed by atoms with Crippen molar-refractivity contribution in [3.05, 3.63) is 70.1 Å². The normalized spacial score (nSPS) is 15.1. The van der Waals surface area contributed by atoms with Crippen LogP contribution in [0.25, 0.3) is 6.08 Å². The topological polar surface area (TPSA) is 38.8 Å². The molecule has 0 aromatic heterocycles. The van der Waals surface area contributed by atoms with Crippen LogP contribution in [0.15, 0.2) is 54.0 Å². The molecule has 7 heteroatoms. The number of rotatable bonds is 7. The molecule has 0 atom stereocenters. The second-order valence-corrected chi connectivity index (χ2v) is 8.30. The minimum atomic E-state index is -0.160. The van der Waals surface area contributed by atoms with E-state index in [1.807, 2.05) is 38.1 Å². The van der Waals surface area contributed by atoms with Crippen molar-refractivity contribution in [1.82, 2.24) is 0 Å².